The lowest BCUT2D eigenvalue weighted by Crippen LogP contribution is -1.92. The highest BCUT2D eigenvalue weighted by Gasteiger charge is 2.15. The summed E-state index contributed by atoms with van der Waals surface area (Å²) in [5.41, 5.74) is 8.04. The standard InChI is InChI=1S/C13H8Br2N4O/c14-8-4-9(11(16)10(15)5-8)13-18-12(19-20-13)7-2-1-3-17-6-7/h1-6H,16H2. The predicted molar refractivity (Wildman–Crippen MR) is 82.8 cm³/mol. The normalized spacial score (nSPS) is 10.7. The number of pyridine rings is 1. The van der Waals surface area contributed by atoms with Crippen molar-refractivity contribution in [3.63, 3.8) is 0 Å². The largest absolute Gasteiger partial charge is 0.397 e. The molecule has 1 aromatic carbocycles. The zero-order chi connectivity index (χ0) is 14.1. The zero-order valence-corrected chi connectivity index (χ0v) is 13.2. The summed E-state index contributed by atoms with van der Waals surface area (Å²) in [6.45, 7) is 0. The molecule has 5 nitrogen and oxygen atoms in total. The van der Waals surface area contributed by atoms with Gasteiger partial charge in [0.2, 0.25) is 5.82 Å². The van der Waals surface area contributed by atoms with Gasteiger partial charge in [-0.3, -0.25) is 4.98 Å². The van der Waals surface area contributed by atoms with Crippen LogP contribution in [0.2, 0.25) is 0 Å². The summed E-state index contributed by atoms with van der Waals surface area (Å²) < 4.78 is 6.92. The molecule has 0 saturated carbocycles. The van der Waals surface area contributed by atoms with E-state index in [2.05, 4.69) is 47.0 Å². The molecule has 2 N–H and O–H groups in total. The van der Waals surface area contributed by atoms with Crippen molar-refractivity contribution in [1.29, 1.82) is 0 Å². The van der Waals surface area contributed by atoms with Crippen LogP contribution in [0, 0.1) is 0 Å². The molecule has 7 heteroatoms. The number of benzene rings is 1. The molecule has 0 spiro atoms. The molecular weight excluding hydrogens is 388 g/mol. The summed E-state index contributed by atoms with van der Waals surface area (Å²) in [5.74, 6) is 0.840. The highest BCUT2D eigenvalue weighted by atomic mass is 79.9. The Hall–Kier alpha value is -1.73. The first-order valence-electron chi connectivity index (χ1n) is 5.64. The number of hydrogen-bond donors (Lipinski definition) is 1. The first-order chi connectivity index (χ1) is 9.65. The Kier molecular flexibility index (Phi) is 3.54. The first kappa shape index (κ1) is 13.3. The Morgan fingerprint density at radius 2 is 2.05 bits per heavy atom. The van der Waals surface area contributed by atoms with E-state index < -0.39 is 0 Å². The minimum atomic E-state index is 0.364. The van der Waals surface area contributed by atoms with E-state index in [1.807, 2.05) is 24.3 Å². The molecular formula is C13H8Br2N4O. The van der Waals surface area contributed by atoms with Crippen molar-refractivity contribution in [2.75, 3.05) is 5.73 Å². The van der Waals surface area contributed by atoms with Gasteiger partial charge in [0, 0.05) is 26.9 Å². The van der Waals surface area contributed by atoms with Crippen LogP contribution >= 0.6 is 31.9 Å². The maximum Gasteiger partial charge on any atom is 0.260 e. The third-order valence-electron chi connectivity index (χ3n) is 2.67. The van der Waals surface area contributed by atoms with Crippen LogP contribution in [0.25, 0.3) is 22.8 Å². The molecule has 0 amide bonds. The summed E-state index contributed by atoms with van der Waals surface area (Å²) in [7, 11) is 0. The van der Waals surface area contributed by atoms with Crippen molar-refractivity contribution >= 4 is 37.5 Å². The molecule has 0 atom stereocenters. The van der Waals surface area contributed by atoms with Crippen molar-refractivity contribution < 1.29 is 4.52 Å². The van der Waals surface area contributed by atoms with Gasteiger partial charge < -0.3 is 10.3 Å². The molecule has 2 aromatic heterocycles. The van der Waals surface area contributed by atoms with E-state index >= 15 is 0 Å². The highest BCUT2D eigenvalue weighted by molar-refractivity contribution is 9.11. The van der Waals surface area contributed by atoms with Gasteiger partial charge in [0.05, 0.1) is 11.3 Å². The summed E-state index contributed by atoms with van der Waals surface area (Å²) in [4.78, 5) is 8.38. The molecule has 0 aliphatic heterocycles. The second-order valence-corrected chi connectivity index (χ2v) is 5.78. The van der Waals surface area contributed by atoms with E-state index in [0.717, 1.165) is 14.5 Å². The summed E-state index contributed by atoms with van der Waals surface area (Å²) in [6.07, 6.45) is 3.36. The molecule has 0 radical (unpaired) electrons. The number of nitrogens with zero attached hydrogens (tertiary/aromatic N) is 3. The molecule has 0 saturated heterocycles. The van der Waals surface area contributed by atoms with Gasteiger partial charge in [-0.1, -0.05) is 21.1 Å². The SMILES string of the molecule is Nc1c(Br)cc(Br)cc1-c1nc(-c2cccnc2)no1. The van der Waals surface area contributed by atoms with E-state index in [1.165, 1.54) is 0 Å². The van der Waals surface area contributed by atoms with E-state index in [1.54, 1.807) is 12.4 Å². The summed E-state index contributed by atoms with van der Waals surface area (Å²) in [6, 6.07) is 7.37. The number of nitrogen functional groups attached to an aromatic ring is 1. The molecule has 0 bridgehead atoms. The van der Waals surface area contributed by atoms with Gasteiger partial charge in [0.25, 0.3) is 5.89 Å². The number of anilines is 1. The number of nitrogens with two attached hydrogens (primary N) is 1. The number of halogens is 2. The van der Waals surface area contributed by atoms with Crippen LogP contribution in [0.15, 0.2) is 50.1 Å². The van der Waals surface area contributed by atoms with Gasteiger partial charge in [-0.2, -0.15) is 4.98 Å². The van der Waals surface area contributed by atoms with Crippen LogP contribution in [-0.2, 0) is 0 Å². The molecule has 100 valence electrons. The summed E-state index contributed by atoms with van der Waals surface area (Å²) >= 11 is 6.80. The third-order valence-corrected chi connectivity index (χ3v) is 3.78. The van der Waals surface area contributed by atoms with E-state index in [4.69, 9.17) is 10.3 Å². The lowest BCUT2D eigenvalue weighted by molar-refractivity contribution is 0.432. The molecule has 0 aliphatic rings. The van der Waals surface area contributed by atoms with Gasteiger partial charge in [0.15, 0.2) is 0 Å². The Morgan fingerprint density at radius 1 is 1.20 bits per heavy atom. The Morgan fingerprint density at radius 3 is 2.80 bits per heavy atom. The van der Waals surface area contributed by atoms with Crippen molar-refractivity contribution in [2.24, 2.45) is 0 Å². The van der Waals surface area contributed by atoms with E-state index in [-0.39, 0.29) is 0 Å². The fourth-order valence-corrected chi connectivity index (χ4v) is 2.93. The van der Waals surface area contributed by atoms with Gasteiger partial charge >= 0.3 is 0 Å². The molecule has 0 fully saturated rings. The number of aromatic nitrogens is 3. The quantitative estimate of drug-likeness (QED) is 0.665. The highest BCUT2D eigenvalue weighted by Crippen LogP contribution is 2.34. The Bertz CT molecular complexity index is 758. The molecule has 2 heterocycles. The van der Waals surface area contributed by atoms with E-state index in [0.29, 0.717) is 23.0 Å². The lowest BCUT2D eigenvalue weighted by Gasteiger charge is -2.04. The average Bonchev–Trinajstić information content (AvgIpc) is 2.93. The minimum Gasteiger partial charge on any atom is -0.397 e. The maximum absolute atomic E-state index is 6.02. The lowest BCUT2D eigenvalue weighted by atomic mass is 10.2. The van der Waals surface area contributed by atoms with Crippen molar-refractivity contribution in [3.8, 4) is 22.8 Å². The number of hydrogen-bond acceptors (Lipinski definition) is 5. The van der Waals surface area contributed by atoms with Crippen molar-refractivity contribution in [3.05, 3.63) is 45.6 Å². The van der Waals surface area contributed by atoms with Crippen LogP contribution < -0.4 is 5.73 Å². The Labute approximate surface area is 131 Å². The molecule has 0 aliphatic carbocycles. The van der Waals surface area contributed by atoms with E-state index in [9.17, 15) is 0 Å². The molecule has 0 unspecified atom stereocenters. The Balaban J connectivity index is 2.07. The van der Waals surface area contributed by atoms with Crippen molar-refractivity contribution in [1.82, 2.24) is 15.1 Å². The predicted octanol–water partition coefficient (Wildman–Crippen LogP) is 3.91. The maximum atomic E-state index is 6.02. The van der Waals surface area contributed by atoms with Gasteiger partial charge in [-0.25, -0.2) is 0 Å². The fourth-order valence-electron chi connectivity index (χ4n) is 1.71. The fraction of sp³-hybridized carbons (Fsp3) is 0. The van der Waals surface area contributed by atoms with Gasteiger partial charge in [-0.05, 0) is 40.2 Å². The second-order valence-electron chi connectivity index (χ2n) is 4.01. The average molecular weight is 396 g/mol. The molecule has 3 aromatic rings. The van der Waals surface area contributed by atoms with Crippen molar-refractivity contribution in [2.45, 2.75) is 0 Å². The van der Waals surface area contributed by atoms with Crippen LogP contribution in [-0.4, -0.2) is 15.1 Å². The summed E-state index contributed by atoms with van der Waals surface area (Å²) in [5, 5.41) is 3.95. The number of rotatable bonds is 2. The minimum absolute atomic E-state index is 0.364. The third kappa shape index (κ3) is 2.46. The monoisotopic (exact) mass is 394 g/mol. The van der Waals surface area contributed by atoms with Gasteiger partial charge in [0.1, 0.15) is 0 Å². The molecule has 3 rings (SSSR count). The van der Waals surface area contributed by atoms with Crippen LogP contribution in [0.5, 0.6) is 0 Å². The zero-order valence-electron chi connectivity index (χ0n) is 10.0. The smallest absolute Gasteiger partial charge is 0.260 e. The second kappa shape index (κ2) is 5.34. The molecule has 20 heavy (non-hydrogen) atoms. The topological polar surface area (TPSA) is 77.8 Å². The van der Waals surface area contributed by atoms with Gasteiger partial charge in [-0.15, -0.1) is 0 Å². The first-order valence-corrected chi connectivity index (χ1v) is 7.23. The van der Waals surface area contributed by atoms with Crippen LogP contribution in [0.4, 0.5) is 5.69 Å². The van der Waals surface area contributed by atoms with Crippen LogP contribution in [0.3, 0.4) is 0 Å². The van der Waals surface area contributed by atoms with Crippen LogP contribution in [0.1, 0.15) is 0 Å².